The van der Waals surface area contributed by atoms with E-state index in [0.717, 1.165) is 6.20 Å². The van der Waals surface area contributed by atoms with Crippen molar-refractivity contribution in [3.05, 3.63) is 58.1 Å². The maximum atomic E-state index is 12.7. The van der Waals surface area contributed by atoms with Crippen LogP contribution in [0.3, 0.4) is 0 Å². The van der Waals surface area contributed by atoms with E-state index in [0.29, 0.717) is 16.8 Å². The molecule has 0 spiro atoms. The monoisotopic (exact) mass is 231 g/mol. The average molecular weight is 231 g/mol. The van der Waals surface area contributed by atoms with Crippen molar-refractivity contribution >= 4 is 0 Å². The van der Waals surface area contributed by atoms with Gasteiger partial charge in [-0.15, -0.1) is 0 Å². The van der Waals surface area contributed by atoms with Crippen molar-refractivity contribution in [3.8, 4) is 17.0 Å². The van der Waals surface area contributed by atoms with E-state index in [1.807, 2.05) is 0 Å². The summed E-state index contributed by atoms with van der Waals surface area (Å²) in [5.41, 5.74) is 1.19. The third-order valence-corrected chi connectivity index (χ3v) is 2.41. The quantitative estimate of drug-likeness (QED) is 0.819. The third-order valence-electron chi connectivity index (χ3n) is 2.41. The van der Waals surface area contributed by atoms with Crippen LogP contribution in [0, 0.1) is 12.7 Å². The Kier molecular flexibility index (Phi) is 2.87. The smallest absolute Gasteiger partial charge is 0.223 e. The third kappa shape index (κ3) is 2.30. The molecule has 1 N–H and O–H groups in total. The van der Waals surface area contributed by atoms with E-state index in [1.165, 1.54) is 18.2 Å². The van der Waals surface area contributed by atoms with Crippen molar-refractivity contribution in [1.29, 1.82) is 0 Å². The summed E-state index contributed by atoms with van der Waals surface area (Å²) < 4.78 is 12.7. The van der Waals surface area contributed by atoms with Crippen LogP contribution in [0.15, 0.2) is 41.3 Å². The molecule has 0 radical (unpaired) electrons. The Labute approximate surface area is 97.2 Å². The van der Waals surface area contributed by atoms with Gasteiger partial charge in [0.05, 0.1) is 11.9 Å². The van der Waals surface area contributed by atoms with Gasteiger partial charge in [-0.1, -0.05) is 0 Å². The average Bonchev–Trinajstić information content (AvgIpc) is 2.44. The zero-order valence-corrected chi connectivity index (χ0v) is 9.14. The van der Waals surface area contributed by atoms with Crippen LogP contribution < -0.4 is 5.43 Å². The number of halogens is 1. The zero-order chi connectivity index (χ0) is 12.4. The highest BCUT2D eigenvalue weighted by Gasteiger charge is 2.03. The highest BCUT2D eigenvalue weighted by molar-refractivity contribution is 5.59. The maximum absolute atomic E-state index is 12.7. The number of aromatic nitrogens is 1. The molecule has 0 fully saturated rings. The normalized spacial score (nSPS) is 10.2. The van der Waals surface area contributed by atoms with Gasteiger partial charge in [0.25, 0.3) is 0 Å². The topological polar surface area (TPSA) is 50.2 Å². The molecule has 0 atom stereocenters. The van der Waals surface area contributed by atoms with Crippen LogP contribution in [0.1, 0.15) is 5.56 Å². The Morgan fingerprint density at radius 3 is 2.65 bits per heavy atom. The summed E-state index contributed by atoms with van der Waals surface area (Å²) in [4.78, 5) is 15.4. The van der Waals surface area contributed by atoms with Crippen LogP contribution in [-0.2, 0) is 0 Å². The summed E-state index contributed by atoms with van der Waals surface area (Å²) in [7, 11) is 0. The molecule has 0 unspecified atom stereocenters. The largest absolute Gasteiger partial charge is 0.504 e. The zero-order valence-electron chi connectivity index (χ0n) is 9.14. The minimum absolute atomic E-state index is 0.309. The summed E-state index contributed by atoms with van der Waals surface area (Å²) in [5, 5.41) is 9.38. The van der Waals surface area contributed by atoms with E-state index in [2.05, 4.69) is 4.98 Å². The molecule has 2 aromatic rings. The first kappa shape index (κ1) is 11.3. The number of nitrogens with zero attached hydrogens (tertiary/aromatic N) is 1. The molecule has 0 amide bonds. The number of hydrogen-bond donors (Lipinski definition) is 1. The van der Waals surface area contributed by atoms with Crippen LogP contribution in [0.25, 0.3) is 11.3 Å². The van der Waals surface area contributed by atoms with E-state index >= 15 is 0 Å². The first-order chi connectivity index (χ1) is 8.08. The van der Waals surface area contributed by atoms with Crippen molar-refractivity contribution in [2.75, 3.05) is 0 Å². The lowest BCUT2D eigenvalue weighted by atomic mass is 10.1. The summed E-state index contributed by atoms with van der Waals surface area (Å²) >= 11 is 0. The second kappa shape index (κ2) is 4.33. The number of rotatable bonds is 1. The molecule has 0 aliphatic heterocycles. The predicted molar refractivity (Wildman–Crippen MR) is 62.3 cm³/mol. The number of aromatic hydroxyl groups is 1. The second-order valence-corrected chi connectivity index (χ2v) is 3.69. The summed E-state index contributed by atoms with van der Waals surface area (Å²) in [5.74, 6) is -0.728. The molecular formula is C13H10FNO2. The Bertz CT molecular complexity index is 609. The van der Waals surface area contributed by atoms with Gasteiger partial charge in [-0.2, -0.15) is 0 Å². The number of aryl methyl sites for hydroxylation is 1. The molecule has 86 valence electrons. The van der Waals surface area contributed by atoms with Crippen molar-refractivity contribution in [2.24, 2.45) is 0 Å². The predicted octanol–water partition coefficient (Wildman–Crippen LogP) is 2.26. The maximum Gasteiger partial charge on any atom is 0.223 e. The molecule has 17 heavy (non-hydrogen) atoms. The van der Waals surface area contributed by atoms with E-state index in [4.69, 9.17) is 0 Å². The Morgan fingerprint density at radius 2 is 2.00 bits per heavy atom. The van der Waals surface area contributed by atoms with Gasteiger partial charge in [-0.25, -0.2) is 4.39 Å². The SMILES string of the molecule is Cc1cc(-c2ccc(F)cn2)ccc(O)c1=O. The Hall–Kier alpha value is -2.23. The van der Waals surface area contributed by atoms with Gasteiger partial charge in [0.15, 0.2) is 5.75 Å². The van der Waals surface area contributed by atoms with Crippen molar-refractivity contribution in [1.82, 2.24) is 4.98 Å². The molecule has 1 aromatic heterocycles. The minimum atomic E-state index is -0.418. The molecule has 0 saturated heterocycles. The first-order valence-electron chi connectivity index (χ1n) is 5.04. The van der Waals surface area contributed by atoms with Gasteiger partial charge in [0, 0.05) is 11.1 Å². The van der Waals surface area contributed by atoms with Crippen LogP contribution in [-0.4, -0.2) is 10.1 Å². The molecule has 0 aliphatic rings. The van der Waals surface area contributed by atoms with Gasteiger partial charge < -0.3 is 5.11 Å². The van der Waals surface area contributed by atoms with E-state index in [1.54, 1.807) is 19.1 Å². The van der Waals surface area contributed by atoms with Gasteiger partial charge in [-0.3, -0.25) is 9.78 Å². The number of hydrogen-bond acceptors (Lipinski definition) is 3. The van der Waals surface area contributed by atoms with Gasteiger partial charge in [0.2, 0.25) is 5.43 Å². The summed E-state index contributed by atoms with van der Waals surface area (Å²) in [6.45, 7) is 1.61. The fraction of sp³-hybridized carbons (Fsp3) is 0.0769. The number of pyridine rings is 1. The van der Waals surface area contributed by atoms with Crippen LogP contribution >= 0.6 is 0 Å². The van der Waals surface area contributed by atoms with Crippen LogP contribution in [0.5, 0.6) is 5.75 Å². The Morgan fingerprint density at radius 1 is 1.24 bits per heavy atom. The summed E-state index contributed by atoms with van der Waals surface area (Å²) in [6.07, 6.45) is 1.11. The van der Waals surface area contributed by atoms with Gasteiger partial charge >= 0.3 is 0 Å². The molecule has 3 nitrogen and oxygen atoms in total. The molecular weight excluding hydrogens is 221 g/mol. The lowest BCUT2D eigenvalue weighted by Crippen LogP contribution is -1.99. The highest BCUT2D eigenvalue weighted by Crippen LogP contribution is 2.17. The fourth-order valence-corrected chi connectivity index (χ4v) is 1.50. The van der Waals surface area contributed by atoms with E-state index in [-0.39, 0.29) is 5.75 Å². The highest BCUT2D eigenvalue weighted by atomic mass is 19.1. The van der Waals surface area contributed by atoms with Crippen molar-refractivity contribution < 1.29 is 9.50 Å². The first-order valence-corrected chi connectivity index (χ1v) is 5.04. The molecule has 0 aliphatic carbocycles. The fourth-order valence-electron chi connectivity index (χ4n) is 1.50. The lowest BCUT2D eigenvalue weighted by Gasteiger charge is -1.97. The van der Waals surface area contributed by atoms with Gasteiger partial charge in [-0.05, 0) is 37.3 Å². The molecule has 1 heterocycles. The molecule has 0 saturated carbocycles. The lowest BCUT2D eigenvalue weighted by molar-refractivity contribution is 0.470. The summed E-state index contributed by atoms with van der Waals surface area (Å²) in [6, 6.07) is 7.32. The molecule has 4 heteroatoms. The van der Waals surface area contributed by atoms with E-state index in [9.17, 15) is 14.3 Å². The van der Waals surface area contributed by atoms with Crippen LogP contribution in [0.2, 0.25) is 0 Å². The van der Waals surface area contributed by atoms with E-state index < -0.39 is 11.2 Å². The molecule has 2 rings (SSSR count). The standard InChI is InChI=1S/C13H10FNO2/c1-8-6-9(2-5-12(16)13(8)17)11-4-3-10(14)7-15-11/h2-7H,1H3,(H,16,17). The molecule has 1 aromatic carbocycles. The van der Waals surface area contributed by atoms with Crippen molar-refractivity contribution in [3.63, 3.8) is 0 Å². The van der Waals surface area contributed by atoms with Crippen LogP contribution in [0.4, 0.5) is 4.39 Å². The van der Waals surface area contributed by atoms with Crippen molar-refractivity contribution in [2.45, 2.75) is 6.92 Å². The molecule has 0 bridgehead atoms. The minimum Gasteiger partial charge on any atom is -0.504 e. The Balaban J connectivity index is 2.62. The second-order valence-electron chi connectivity index (χ2n) is 3.69. The van der Waals surface area contributed by atoms with Gasteiger partial charge in [0.1, 0.15) is 5.82 Å².